The average molecular weight is 465 g/mol. The Hall–Kier alpha value is -2.72. The van der Waals surface area contributed by atoms with Gasteiger partial charge in [0.15, 0.2) is 6.29 Å². The van der Waals surface area contributed by atoms with Gasteiger partial charge in [-0.25, -0.2) is 9.97 Å². The summed E-state index contributed by atoms with van der Waals surface area (Å²) in [6, 6.07) is 3.76. The lowest BCUT2D eigenvalue weighted by Gasteiger charge is -2.29. The molecule has 0 spiro atoms. The van der Waals surface area contributed by atoms with Crippen LogP contribution < -0.4 is 5.32 Å². The molecule has 1 aromatic carbocycles. The molecule has 4 rings (SSSR count). The molecule has 1 atom stereocenters. The number of hydrogen-bond donors (Lipinski definition) is 2. The lowest BCUT2D eigenvalue weighted by Crippen LogP contribution is -2.25. The highest BCUT2D eigenvalue weighted by Crippen LogP contribution is 2.46. The van der Waals surface area contributed by atoms with Crippen LogP contribution in [0.2, 0.25) is 0 Å². The summed E-state index contributed by atoms with van der Waals surface area (Å²) in [5.74, 6) is -0.252. The molecular formula is C23H26F3N3O4. The number of carboxylic acids is 1. The fourth-order valence-electron chi connectivity index (χ4n) is 4.25. The Labute approximate surface area is 189 Å². The molecule has 1 saturated carbocycles. The minimum absolute atomic E-state index is 0.131. The first-order chi connectivity index (χ1) is 15.6. The standard InChI is InChI=1S/C23H26F3N3O4/c1-12-15(5-3-6-16(12)23(24,25)26)20(14-7-8-14)29-21-19(22-32-9-4-10-33-22)17(11-18(30)31)27-13(2)28-21/h3,5-6,14,20,22H,4,7-11H2,1-2H3,(H,30,31)(H,27,28,29)/t20-/m1/s1. The van der Waals surface area contributed by atoms with Crippen molar-refractivity contribution in [2.75, 3.05) is 18.5 Å². The number of nitrogens with one attached hydrogen (secondary N) is 1. The zero-order valence-electron chi connectivity index (χ0n) is 18.4. The molecule has 1 aromatic heterocycles. The van der Waals surface area contributed by atoms with Gasteiger partial charge in [-0.05, 0) is 56.2 Å². The number of aromatic nitrogens is 2. The quantitative estimate of drug-likeness (QED) is 0.610. The fraction of sp³-hybridized carbons (Fsp3) is 0.522. The van der Waals surface area contributed by atoms with E-state index in [-0.39, 0.29) is 23.6 Å². The second-order valence-electron chi connectivity index (χ2n) is 8.45. The lowest BCUT2D eigenvalue weighted by molar-refractivity contribution is -0.183. The van der Waals surface area contributed by atoms with Gasteiger partial charge in [0.05, 0.1) is 42.5 Å². The number of benzene rings is 1. The maximum Gasteiger partial charge on any atom is 0.416 e. The van der Waals surface area contributed by atoms with Crippen LogP contribution in [0.15, 0.2) is 18.2 Å². The summed E-state index contributed by atoms with van der Waals surface area (Å²) in [6.45, 7) is 3.99. The third kappa shape index (κ3) is 5.27. The molecule has 2 heterocycles. The molecule has 1 aliphatic carbocycles. The highest BCUT2D eigenvalue weighted by Gasteiger charge is 2.38. The predicted molar refractivity (Wildman–Crippen MR) is 113 cm³/mol. The molecule has 2 N–H and O–H groups in total. The number of ether oxygens (including phenoxy) is 2. The van der Waals surface area contributed by atoms with E-state index in [2.05, 4.69) is 15.3 Å². The number of alkyl halides is 3. The molecule has 0 unspecified atom stereocenters. The molecule has 7 nitrogen and oxygen atoms in total. The van der Waals surface area contributed by atoms with Gasteiger partial charge in [-0.15, -0.1) is 0 Å². The number of rotatable bonds is 7. The smallest absolute Gasteiger partial charge is 0.416 e. The Kier molecular flexibility index (Phi) is 6.58. The average Bonchev–Trinajstić information content (AvgIpc) is 3.57. The minimum Gasteiger partial charge on any atom is -0.481 e. The van der Waals surface area contributed by atoms with E-state index in [9.17, 15) is 23.1 Å². The monoisotopic (exact) mass is 465 g/mol. The van der Waals surface area contributed by atoms with Crippen LogP contribution in [-0.2, 0) is 26.9 Å². The van der Waals surface area contributed by atoms with Gasteiger partial charge in [-0.2, -0.15) is 13.2 Å². The van der Waals surface area contributed by atoms with Crippen LogP contribution in [-0.4, -0.2) is 34.3 Å². The van der Waals surface area contributed by atoms with Gasteiger partial charge in [0, 0.05) is 0 Å². The molecule has 2 aromatic rings. The molecule has 0 amide bonds. The molecule has 178 valence electrons. The van der Waals surface area contributed by atoms with Gasteiger partial charge in [-0.3, -0.25) is 4.79 Å². The molecule has 0 radical (unpaired) electrons. The van der Waals surface area contributed by atoms with E-state index in [0.717, 1.165) is 18.9 Å². The van der Waals surface area contributed by atoms with E-state index in [1.54, 1.807) is 13.0 Å². The molecule has 1 saturated heterocycles. The van der Waals surface area contributed by atoms with Gasteiger partial charge in [-0.1, -0.05) is 12.1 Å². The van der Waals surface area contributed by atoms with Crippen molar-refractivity contribution in [2.45, 2.75) is 58.0 Å². The lowest BCUT2D eigenvalue weighted by atomic mass is 9.93. The van der Waals surface area contributed by atoms with E-state index in [0.29, 0.717) is 42.4 Å². The van der Waals surface area contributed by atoms with Crippen molar-refractivity contribution < 1.29 is 32.5 Å². The Morgan fingerprint density at radius 1 is 1.21 bits per heavy atom. The van der Waals surface area contributed by atoms with Crippen LogP contribution in [0.25, 0.3) is 0 Å². The maximum absolute atomic E-state index is 13.5. The summed E-state index contributed by atoms with van der Waals surface area (Å²) in [5, 5.41) is 12.7. The third-order valence-electron chi connectivity index (χ3n) is 5.92. The molecule has 0 bridgehead atoms. The zero-order valence-corrected chi connectivity index (χ0v) is 18.4. The first-order valence-corrected chi connectivity index (χ1v) is 10.9. The maximum atomic E-state index is 13.5. The summed E-state index contributed by atoms with van der Waals surface area (Å²) in [6.07, 6.45) is -3.22. The van der Waals surface area contributed by atoms with Crippen molar-refractivity contribution in [1.82, 2.24) is 9.97 Å². The number of halogens is 3. The molecule has 33 heavy (non-hydrogen) atoms. The van der Waals surface area contributed by atoms with Crippen LogP contribution in [0.4, 0.5) is 19.0 Å². The van der Waals surface area contributed by atoms with Crippen molar-refractivity contribution in [2.24, 2.45) is 5.92 Å². The van der Waals surface area contributed by atoms with Crippen molar-refractivity contribution in [3.8, 4) is 0 Å². The largest absolute Gasteiger partial charge is 0.481 e. The van der Waals surface area contributed by atoms with Crippen LogP contribution in [0.3, 0.4) is 0 Å². The van der Waals surface area contributed by atoms with Crippen LogP contribution in [0.5, 0.6) is 0 Å². The summed E-state index contributed by atoms with van der Waals surface area (Å²) in [7, 11) is 0. The summed E-state index contributed by atoms with van der Waals surface area (Å²) in [5.41, 5.74) is 0.687. The predicted octanol–water partition coefficient (Wildman–Crippen LogP) is 4.74. The van der Waals surface area contributed by atoms with Crippen molar-refractivity contribution in [1.29, 1.82) is 0 Å². The van der Waals surface area contributed by atoms with Crippen LogP contribution in [0, 0.1) is 19.8 Å². The topological polar surface area (TPSA) is 93.6 Å². The van der Waals surface area contributed by atoms with Gasteiger partial charge in [0.1, 0.15) is 11.6 Å². The third-order valence-corrected chi connectivity index (χ3v) is 5.92. The van der Waals surface area contributed by atoms with Crippen LogP contribution in [0.1, 0.15) is 65.4 Å². The molecular weight excluding hydrogens is 439 g/mol. The van der Waals surface area contributed by atoms with Gasteiger partial charge >= 0.3 is 12.1 Å². The van der Waals surface area contributed by atoms with Crippen molar-refractivity contribution >= 4 is 11.8 Å². The number of aliphatic carboxylic acids is 1. The molecule has 10 heteroatoms. The zero-order chi connectivity index (χ0) is 23.8. The van der Waals surface area contributed by atoms with Gasteiger partial charge in [0.2, 0.25) is 0 Å². The SMILES string of the molecule is Cc1nc(CC(=O)O)c(C2OCCCO2)c(N[C@@H](c2cccc(C(F)(F)F)c2C)C2CC2)n1. The minimum atomic E-state index is -4.46. The fourth-order valence-corrected chi connectivity index (χ4v) is 4.25. The summed E-state index contributed by atoms with van der Waals surface area (Å²) >= 11 is 0. The van der Waals surface area contributed by atoms with E-state index in [4.69, 9.17) is 9.47 Å². The Balaban J connectivity index is 1.78. The Morgan fingerprint density at radius 2 is 1.91 bits per heavy atom. The number of anilines is 1. The Bertz CT molecular complexity index is 1030. The summed E-state index contributed by atoms with van der Waals surface area (Å²) in [4.78, 5) is 20.3. The normalized spacial score (nSPS) is 18.2. The number of carboxylic acid groups (broad SMARTS) is 1. The molecule has 1 aliphatic heterocycles. The number of carbonyl (C=O) groups is 1. The first kappa shape index (κ1) is 23.4. The van der Waals surface area contributed by atoms with E-state index < -0.39 is 30.0 Å². The molecule has 2 aliphatic rings. The first-order valence-electron chi connectivity index (χ1n) is 10.9. The highest BCUT2D eigenvalue weighted by atomic mass is 19.4. The summed E-state index contributed by atoms with van der Waals surface area (Å²) < 4.78 is 52.1. The van der Waals surface area contributed by atoms with Gasteiger partial charge in [0.25, 0.3) is 0 Å². The van der Waals surface area contributed by atoms with Gasteiger partial charge < -0.3 is 19.9 Å². The Morgan fingerprint density at radius 3 is 2.52 bits per heavy atom. The van der Waals surface area contributed by atoms with Crippen LogP contribution >= 0.6 is 0 Å². The molecule has 2 fully saturated rings. The second kappa shape index (κ2) is 9.26. The van der Waals surface area contributed by atoms with E-state index in [1.807, 2.05) is 0 Å². The van der Waals surface area contributed by atoms with Crippen molar-refractivity contribution in [3.05, 3.63) is 52.0 Å². The number of hydrogen-bond acceptors (Lipinski definition) is 6. The van der Waals surface area contributed by atoms with Crippen molar-refractivity contribution in [3.63, 3.8) is 0 Å². The number of nitrogens with zero attached hydrogens (tertiary/aromatic N) is 2. The van der Waals surface area contributed by atoms with E-state index >= 15 is 0 Å². The van der Waals surface area contributed by atoms with E-state index in [1.165, 1.54) is 13.0 Å². The highest BCUT2D eigenvalue weighted by molar-refractivity contribution is 5.71. The second-order valence-corrected chi connectivity index (χ2v) is 8.45. The number of aryl methyl sites for hydroxylation is 1.